The fraction of sp³-hybridized carbons (Fsp3) is 0.143. The van der Waals surface area contributed by atoms with Crippen molar-refractivity contribution in [3.8, 4) is 0 Å². The summed E-state index contributed by atoms with van der Waals surface area (Å²) in [5.41, 5.74) is 7.26. The smallest absolute Gasteiger partial charge is 0.265 e. The Morgan fingerprint density at radius 3 is 3.00 bits per heavy atom. The molecule has 7 heteroatoms. The van der Waals surface area contributed by atoms with Crippen LogP contribution in [0.15, 0.2) is 40.9 Å². The molecule has 3 N–H and O–H groups in total. The highest BCUT2D eigenvalue weighted by Crippen LogP contribution is 2.19. The average Bonchev–Trinajstić information content (AvgIpc) is 2.97. The number of benzene rings is 1. The van der Waals surface area contributed by atoms with Crippen molar-refractivity contribution >= 4 is 40.4 Å². The number of anilines is 1. The summed E-state index contributed by atoms with van der Waals surface area (Å²) in [4.78, 5) is 17.5. The Morgan fingerprint density at radius 2 is 2.29 bits per heavy atom. The van der Waals surface area contributed by atoms with E-state index in [1.54, 1.807) is 12.1 Å². The van der Waals surface area contributed by atoms with E-state index in [2.05, 4.69) is 10.5 Å². The minimum absolute atomic E-state index is 0.224. The number of carbonyl (C=O) groups is 1. The molecule has 1 aromatic carbocycles. The van der Waals surface area contributed by atoms with E-state index in [0.29, 0.717) is 10.7 Å². The van der Waals surface area contributed by atoms with Gasteiger partial charge in [0.2, 0.25) is 0 Å². The van der Waals surface area contributed by atoms with E-state index in [1.807, 2.05) is 30.5 Å². The maximum Gasteiger partial charge on any atom is 0.265 e. The van der Waals surface area contributed by atoms with E-state index in [0.717, 1.165) is 10.4 Å². The molecule has 0 aliphatic heterocycles. The third kappa shape index (κ3) is 4.47. The summed E-state index contributed by atoms with van der Waals surface area (Å²) in [5.74, 6) is -0.0835. The lowest BCUT2D eigenvalue weighted by molar-refractivity contribution is -0.120. The molecule has 0 bridgehead atoms. The highest BCUT2D eigenvalue weighted by Gasteiger charge is 2.06. The third-order valence-corrected chi connectivity index (χ3v) is 3.73. The molecule has 0 saturated heterocycles. The second-order valence-corrected chi connectivity index (χ2v) is 5.62. The molecule has 0 atom stereocenters. The van der Waals surface area contributed by atoms with Crippen LogP contribution in [-0.2, 0) is 9.63 Å². The number of nitrogens with two attached hydrogens (primary N) is 1. The van der Waals surface area contributed by atoms with Gasteiger partial charge in [0.15, 0.2) is 12.4 Å². The number of thiophene rings is 1. The van der Waals surface area contributed by atoms with Crippen molar-refractivity contribution in [2.75, 3.05) is 11.9 Å². The first kappa shape index (κ1) is 15.3. The molecular formula is C14H14ClN3O2S. The zero-order valence-electron chi connectivity index (χ0n) is 11.3. The van der Waals surface area contributed by atoms with E-state index in [4.69, 9.17) is 22.2 Å². The number of nitrogens with one attached hydrogen (secondary N) is 1. The van der Waals surface area contributed by atoms with E-state index in [1.165, 1.54) is 11.3 Å². The van der Waals surface area contributed by atoms with Gasteiger partial charge in [-0.05, 0) is 36.1 Å². The fourth-order valence-electron chi connectivity index (χ4n) is 1.54. The second-order valence-electron chi connectivity index (χ2n) is 4.23. The van der Waals surface area contributed by atoms with Crippen LogP contribution in [0.3, 0.4) is 0 Å². The molecule has 21 heavy (non-hydrogen) atoms. The van der Waals surface area contributed by atoms with Crippen molar-refractivity contribution in [2.24, 2.45) is 10.9 Å². The molecule has 0 aliphatic carbocycles. The van der Waals surface area contributed by atoms with Gasteiger partial charge < -0.3 is 15.9 Å². The Balaban J connectivity index is 1.88. The Labute approximate surface area is 131 Å². The fourth-order valence-corrected chi connectivity index (χ4v) is 2.34. The van der Waals surface area contributed by atoms with E-state index in [9.17, 15) is 4.79 Å². The molecule has 1 amide bonds. The molecule has 0 radical (unpaired) electrons. The van der Waals surface area contributed by atoms with Crippen molar-refractivity contribution < 1.29 is 9.63 Å². The zero-order chi connectivity index (χ0) is 15.2. The maximum absolute atomic E-state index is 11.8. The molecule has 0 spiro atoms. The van der Waals surface area contributed by atoms with Crippen LogP contribution in [0.4, 0.5) is 5.69 Å². The zero-order valence-corrected chi connectivity index (χ0v) is 12.9. The van der Waals surface area contributed by atoms with Crippen molar-refractivity contribution in [3.05, 3.63) is 51.2 Å². The van der Waals surface area contributed by atoms with Gasteiger partial charge in [0.05, 0.1) is 4.88 Å². The summed E-state index contributed by atoms with van der Waals surface area (Å²) in [7, 11) is 0. The lowest BCUT2D eigenvalue weighted by atomic mass is 10.2. The normalized spacial score (nSPS) is 11.2. The maximum atomic E-state index is 11.8. The first-order valence-electron chi connectivity index (χ1n) is 6.11. The number of rotatable bonds is 5. The molecule has 110 valence electrons. The number of hydrogen-bond acceptors (Lipinski definition) is 4. The quantitative estimate of drug-likeness (QED) is 0.504. The predicted octanol–water partition coefficient (Wildman–Crippen LogP) is 2.99. The highest BCUT2D eigenvalue weighted by molar-refractivity contribution is 7.12. The van der Waals surface area contributed by atoms with Crippen molar-refractivity contribution in [3.63, 3.8) is 0 Å². The molecule has 2 aromatic rings. The number of halogens is 1. The number of hydrogen-bond donors (Lipinski definition) is 2. The van der Waals surface area contributed by atoms with Crippen molar-refractivity contribution in [2.45, 2.75) is 6.92 Å². The van der Waals surface area contributed by atoms with Crippen LogP contribution in [0.1, 0.15) is 10.4 Å². The molecule has 2 rings (SSSR count). The molecule has 0 unspecified atom stereocenters. The molecule has 1 heterocycles. The summed E-state index contributed by atoms with van der Waals surface area (Å²) >= 11 is 7.33. The first-order valence-corrected chi connectivity index (χ1v) is 7.37. The minimum atomic E-state index is -0.330. The Morgan fingerprint density at radius 1 is 1.48 bits per heavy atom. The Bertz CT molecular complexity index is 656. The van der Waals surface area contributed by atoms with E-state index >= 15 is 0 Å². The third-order valence-electron chi connectivity index (χ3n) is 2.61. The Kier molecular flexibility index (Phi) is 5.19. The number of aryl methyl sites for hydroxylation is 1. The molecule has 0 saturated carbocycles. The van der Waals surface area contributed by atoms with Crippen LogP contribution in [0.2, 0.25) is 5.02 Å². The van der Waals surface area contributed by atoms with Crippen LogP contribution >= 0.6 is 22.9 Å². The number of amidine groups is 1. The predicted molar refractivity (Wildman–Crippen MR) is 85.8 cm³/mol. The van der Waals surface area contributed by atoms with Crippen LogP contribution in [0.25, 0.3) is 0 Å². The number of oxime groups is 1. The van der Waals surface area contributed by atoms with Gasteiger partial charge in [-0.3, -0.25) is 4.79 Å². The minimum Gasteiger partial charge on any atom is -0.384 e. The molecule has 5 nitrogen and oxygen atoms in total. The lowest BCUT2D eigenvalue weighted by Crippen LogP contribution is -2.19. The molecular weight excluding hydrogens is 310 g/mol. The SMILES string of the molecule is Cc1ccc(Cl)cc1NC(=O)CON=C(N)c1cccs1. The largest absolute Gasteiger partial charge is 0.384 e. The van der Waals surface area contributed by atoms with Crippen LogP contribution in [0, 0.1) is 6.92 Å². The van der Waals surface area contributed by atoms with Crippen molar-refractivity contribution in [1.82, 2.24) is 0 Å². The van der Waals surface area contributed by atoms with Gasteiger partial charge >= 0.3 is 0 Å². The highest BCUT2D eigenvalue weighted by atomic mass is 35.5. The van der Waals surface area contributed by atoms with Gasteiger partial charge in [-0.15, -0.1) is 11.3 Å². The monoisotopic (exact) mass is 323 g/mol. The molecule has 1 aromatic heterocycles. The van der Waals surface area contributed by atoms with Gasteiger partial charge in [-0.1, -0.05) is 28.9 Å². The number of carbonyl (C=O) groups excluding carboxylic acids is 1. The van der Waals surface area contributed by atoms with Crippen molar-refractivity contribution in [1.29, 1.82) is 0 Å². The van der Waals surface area contributed by atoms with Gasteiger partial charge in [0, 0.05) is 10.7 Å². The van der Waals surface area contributed by atoms with Crippen LogP contribution in [-0.4, -0.2) is 18.3 Å². The van der Waals surface area contributed by atoms with Gasteiger partial charge in [-0.25, -0.2) is 0 Å². The average molecular weight is 324 g/mol. The summed E-state index contributed by atoms with van der Waals surface area (Å²) in [6, 6.07) is 8.94. The lowest BCUT2D eigenvalue weighted by Gasteiger charge is -2.08. The topological polar surface area (TPSA) is 76.7 Å². The summed E-state index contributed by atoms with van der Waals surface area (Å²) in [6.07, 6.45) is 0. The van der Waals surface area contributed by atoms with Gasteiger partial charge in [-0.2, -0.15) is 0 Å². The van der Waals surface area contributed by atoms with Crippen LogP contribution in [0.5, 0.6) is 0 Å². The summed E-state index contributed by atoms with van der Waals surface area (Å²) in [6.45, 7) is 1.65. The first-order chi connectivity index (χ1) is 10.1. The number of nitrogens with zero attached hydrogens (tertiary/aromatic N) is 1. The Hall–Kier alpha value is -2.05. The number of amides is 1. The molecule has 0 fully saturated rings. The second kappa shape index (κ2) is 7.10. The summed E-state index contributed by atoms with van der Waals surface area (Å²) < 4.78 is 0. The standard InChI is InChI=1S/C14H14ClN3O2S/c1-9-4-5-10(15)7-11(9)17-13(19)8-20-18-14(16)12-3-2-6-21-12/h2-7H,8H2,1H3,(H2,16,18)(H,17,19). The van der Waals surface area contributed by atoms with Gasteiger partial charge in [0.1, 0.15) is 0 Å². The van der Waals surface area contributed by atoms with E-state index in [-0.39, 0.29) is 18.3 Å². The summed E-state index contributed by atoms with van der Waals surface area (Å²) in [5, 5.41) is 8.84. The molecule has 0 aliphatic rings. The van der Waals surface area contributed by atoms with Gasteiger partial charge in [0.25, 0.3) is 5.91 Å². The van der Waals surface area contributed by atoms with Crippen LogP contribution < -0.4 is 11.1 Å². The van der Waals surface area contributed by atoms with E-state index < -0.39 is 0 Å².